The van der Waals surface area contributed by atoms with E-state index in [9.17, 15) is 4.79 Å². The zero-order valence-electron chi connectivity index (χ0n) is 11.6. The summed E-state index contributed by atoms with van der Waals surface area (Å²) in [6.07, 6.45) is 9.19. The molecule has 21 heavy (non-hydrogen) atoms. The highest BCUT2D eigenvalue weighted by Crippen LogP contribution is 2.30. The van der Waals surface area contributed by atoms with Gasteiger partial charge in [-0.3, -0.25) is 0 Å². The van der Waals surface area contributed by atoms with Gasteiger partial charge in [-0.05, 0) is 28.3 Å². The van der Waals surface area contributed by atoms with Crippen molar-refractivity contribution in [1.82, 2.24) is 0 Å². The Balaban J connectivity index is 2.00. The second-order valence-corrected chi connectivity index (χ2v) is 5.04. The Bertz CT molecular complexity index is 706. The first-order valence-electron chi connectivity index (χ1n) is 7.04. The Morgan fingerprint density at radius 3 is 2.19 bits per heavy atom. The molecule has 1 heteroatoms. The summed E-state index contributed by atoms with van der Waals surface area (Å²) in [5.41, 5.74) is 4.41. The lowest BCUT2D eigenvalue weighted by molar-refractivity contribution is -0.108. The Labute approximate surface area is 124 Å². The van der Waals surface area contributed by atoms with Crippen molar-refractivity contribution >= 4 is 17.9 Å². The highest BCUT2D eigenvalue weighted by atomic mass is 16.1. The average molecular weight is 272 g/mol. The average Bonchev–Trinajstić information content (AvgIpc) is 2.56. The maximum atomic E-state index is 11.3. The summed E-state index contributed by atoms with van der Waals surface area (Å²) in [6.45, 7) is 0. The molecule has 102 valence electrons. The zero-order valence-corrected chi connectivity index (χ0v) is 11.6. The number of allylic oxidation sites excluding steroid dienone is 5. The van der Waals surface area contributed by atoms with Gasteiger partial charge in [0.25, 0.3) is 0 Å². The summed E-state index contributed by atoms with van der Waals surface area (Å²) in [4.78, 5) is 11.3. The minimum Gasteiger partial charge on any atom is -0.302 e. The number of carbonyl (C=O) groups is 1. The number of hydrogen-bond acceptors (Lipinski definition) is 1. The predicted octanol–water partition coefficient (Wildman–Crippen LogP) is 4.54. The standard InChI is InChI=1S/C20H16O/c21-15-19-12-11-17(13-16-7-3-1-4-8-16)14-20(19)18-9-5-2-6-10-18/h1-15,19H/b17-13+. The zero-order chi connectivity index (χ0) is 14.5. The van der Waals surface area contributed by atoms with E-state index in [0.29, 0.717) is 0 Å². The van der Waals surface area contributed by atoms with Crippen molar-refractivity contribution < 1.29 is 4.79 Å². The molecule has 0 N–H and O–H groups in total. The fourth-order valence-electron chi connectivity index (χ4n) is 2.50. The lowest BCUT2D eigenvalue weighted by atomic mass is 9.87. The van der Waals surface area contributed by atoms with Crippen molar-refractivity contribution in [3.8, 4) is 0 Å². The van der Waals surface area contributed by atoms with E-state index in [-0.39, 0.29) is 5.92 Å². The van der Waals surface area contributed by atoms with Crippen molar-refractivity contribution in [2.45, 2.75) is 0 Å². The van der Waals surface area contributed by atoms with E-state index in [1.54, 1.807) is 0 Å². The van der Waals surface area contributed by atoms with Gasteiger partial charge >= 0.3 is 0 Å². The lowest BCUT2D eigenvalue weighted by Gasteiger charge is -2.16. The summed E-state index contributed by atoms with van der Waals surface area (Å²) >= 11 is 0. The topological polar surface area (TPSA) is 17.1 Å². The van der Waals surface area contributed by atoms with Gasteiger partial charge in [0.05, 0.1) is 5.92 Å². The molecule has 1 unspecified atom stereocenters. The molecule has 0 spiro atoms. The quantitative estimate of drug-likeness (QED) is 0.750. The molecule has 0 amide bonds. The van der Waals surface area contributed by atoms with Crippen LogP contribution in [0, 0.1) is 5.92 Å². The molecule has 0 fully saturated rings. The van der Waals surface area contributed by atoms with Gasteiger partial charge in [-0.1, -0.05) is 78.9 Å². The Kier molecular flexibility index (Phi) is 3.92. The fraction of sp³-hybridized carbons (Fsp3) is 0.0500. The summed E-state index contributed by atoms with van der Waals surface area (Å²) in [7, 11) is 0. The van der Waals surface area contributed by atoms with Crippen molar-refractivity contribution in [3.63, 3.8) is 0 Å². The molecule has 0 saturated heterocycles. The monoisotopic (exact) mass is 272 g/mol. The van der Waals surface area contributed by atoms with E-state index in [1.807, 2.05) is 60.7 Å². The first-order chi connectivity index (χ1) is 10.4. The summed E-state index contributed by atoms with van der Waals surface area (Å²) in [5.74, 6) is -0.166. The maximum Gasteiger partial charge on any atom is 0.131 e. The molecule has 0 heterocycles. The van der Waals surface area contributed by atoms with Crippen LogP contribution in [-0.4, -0.2) is 6.29 Å². The summed E-state index contributed by atoms with van der Waals surface area (Å²) in [5, 5.41) is 0. The Morgan fingerprint density at radius 1 is 0.857 bits per heavy atom. The number of aldehydes is 1. The minimum absolute atomic E-state index is 0.166. The number of benzene rings is 2. The predicted molar refractivity (Wildman–Crippen MR) is 87.5 cm³/mol. The largest absolute Gasteiger partial charge is 0.302 e. The van der Waals surface area contributed by atoms with Crippen LogP contribution in [0.2, 0.25) is 0 Å². The molecular formula is C20H16O. The van der Waals surface area contributed by atoms with Crippen LogP contribution in [0.25, 0.3) is 11.6 Å². The highest BCUT2D eigenvalue weighted by molar-refractivity contribution is 5.87. The number of rotatable bonds is 3. The van der Waals surface area contributed by atoms with Gasteiger partial charge in [-0.25, -0.2) is 0 Å². The first kappa shape index (κ1) is 13.3. The molecule has 0 radical (unpaired) electrons. The maximum absolute atomic E-state index is 11.3. The van der Waals surface area contributed by atoms with Crippen LogP contribution in [0.3, 0.4) is 0 Å². The van der Waals surface area contributed by atoms with E-state index in [1.165, 1.54) is 0 Å². The molecule has 1 atom stereocenters. The van der Waals surface area contributed by atoms with Crippen molar-refractivity contribution in [1.29, 1.82) is 0 Å². The molecule has 2 aromatic rings. The third-order valence-corrected chi connectivity index (χ3v) is 3.56. The van der Waals surface area contributed by atoms with E-state index in [2.05, 4.69) is 24.3 Å². The fourth-order valence-corrected chi connectivity index (χ4v) is 2.50. The number of hydrogen-bond donors (Lipinski definition) is 0. The van der Waals surface area contributed by atoms with Crippen LogP contribution in [0.5, 0.6) is 0 Å². The smallest absolute Gasteiger partial charge is 0.131 e. The molecule has 1 aliphatic carbocycles. The van der Waals surface area contributed by atoms with Crippen LogP contribution < -0.4 is 0 Å². The SMILES string of the molecule is O=CC1C=C/C(=C\c2ccccc2)C=C1c1ccccc1. The molecule has 0 aliphatic heterocycles. The minimum atomic E-state index is -0.166. The van der Waals surface area contributed by atoms with Crippen LogP contribution in [-0.2, 0) is 4.79 Å². The third kappa shape index (κ3) is 3.09. The van der Waals surface area contributed by atoms with Gasteiger partial charge in [-0.15, -0.1) is 0 Å². The third-order valence-electron chi connectivity index (χ3n) is 3.56. The molecule has 0 bridgehead atoms. The van der Waals surface area contributed by atoms with Gasteiger partial charge in [0, 0.05) is 0 Å². The van der Waals surface area contributed by atoms with Gasteiger partial charge < -0.3 is 4.79 Å². The van der Waals surface area contributed by atoms with Crippen LogP contribution in [0.4, 0.5) is 0 Å². The van der Waals surface area contributed by atoms with Gasteiger partial charge in [-0.2, -0.15) is 0 Å². The molecular weight excluding hydrogens is 256 g/mol. The van der Waals surface area contributed by atoms with Crippen LogP contribution in [0.1, 0.15) is 11.1 Å². The molecule has 0 aromatic heterocycles. The van der Waals surface area contributed by atoms with E-state index < -0.39 is 0 Å². The highest BCUT2D eigenvalue weighted by Gasteiger charge is 2.15. The van der Waals surface area contributed by atoms with E-state index >= 15 is 0 Å². The number of carbonyl (C=O) groups excluding carboxylic acids is 1. The lowest BCUT2D eigenvalue weighted by Crippen LogP contribution is -2.05. The molecule has 0 saturated carbocycles. The second-order valence-electron chi connectivity index (χ2n) is 5.04. The van der Waals surface area contributed by atoms with Crippen LogP contribution >= 0.6 is 0 Å². The summed E-state index contributed by atoms with van der Waals surface area (Å²) in [6, 6.07) is 20.3. The van der Waals surface area contributed by atoms with Crippen molar-refractivity contribution in [3.05, 3.63) is 95.6 Å². The van der Waals surface area contributed by atoms with Crippen molar-refractivity contribution in [2.24, 2.45) is 5.92 Å². The normalized spacial score (nSPS) is 19.3. The van der Waals surface area contributed by atoms with Crippen LogP contribution in [0.15, 0.2) is 84.5 Å². The van der Waals surface area contributed by atoms with E-state index in [0.717, 1.165) is 28.6 Å². The van der Waals surface area contributed by atoms with E-state index in [4.69, 9.17) is 0 Å². The van der Waals surface area contributed by atoms with Gasteiger partial charge in [0.2, 0.25) is 0 Å². The Hall–Kier alpha value is -2.67. The molecule has 2 aromatic carbocycles. The molecule has 1 aliphatic rings. The summed E-state index contributed by atoms with van der Waals surface area (Å²) < 4.78 is 0. The van der Waals surface area contributed by atoms with Gasteiger partial charge in [0.15, 0.2) is 0 Å². The molecule has 3 rings (SSSR count). The van der Waals surface area contributed by atoms with Gasteiger partial charge in [0.1, 0.15) is 6.29 Å². The first-order valence-corrected chi connectivity index (χ1v) is 7.04. The Morgan fingerprint density at radius 2 is 1.52 bits per heavy atom. The molecule has 1 nitrogen and oxygen atoms in total. The second kappa shape index (κ2) is 6.19. The van der Waals surface area contributed by atoms with Crippen molar-refractivity contribution in [2.75, 3.05) is 0 Å².